The minimum atomic E-state index is -0.799. The van der Waals surface area contributed by atoms with Gasteiger partial charge in [-0.15, -0.1) is 0 Å². The van der Waals surface area contributed by atoms with Gasteiger partial charge in [-0.2, -0.15) is 5.26 Å². The molecule has 7 rings (SSSR count). The number of hydrogen-bond acceptors (Lipinski definition) is 9. The van der Waals surface area contributed by atoms with Crippen molar-refractivity contribution in [2.45, 2.75) is 70.7 Å². The van der Waals surface area contributed by atoms with Gasteiger partial charge in [0.05, 0.1) is 23.4 Å². The Balaban J connectivity index is 0.987. The van der Waals surface area contributed by atoms with Gasteiger partial charge in [-0.3, -0.25) is 34.0 Å². The molecule has 1 atom stereocenters. The summed E-state index contributed by atoms with van der Waals surface area (Å²) in [7, 11) is 0. The second kappa shape index (κ2) is 13.3. The number of nitrogens with zero attached hydrogens (tertiary/aromatic N) is 6. The summed E-state index contributed by atoms with van der Waals surface area (Å²) >= 11 is 0. The molecule has 0 spiro atoms. The number of likely N-dealkylation sites (tertiary alicyclic amines) is 1. The van der Waals surface area contributed by atoms with Crippen LogP contribution in [0.5, 0.6) is 0 Å². The van der Waals surface area contributed by atoms with Crippen molar-refractivity contribution in [2.75, 3.05) is 18.4 Å². The van der Waals surface area contributed by atoms with E-state index in [1.807, 2.05) is 36.7 Å². The second-order valence-corrected chi connectivity index (χ2v) is 13.3. The molecule has 0 bridgehead atoms. The number of benzene rings is 1. The van der Waals surface area contributed by atoms with E-state index in [-0.39, 0.29) is 54.4 Å². The lowest BCUT2D eigenvalue weighted by molar-refractivity contribution is -0.136. The van der Waals surface area contributed by atoms with Crippen LogP contribution in [0.1, 0.15) is 76.9 Å². The number of nitriles is 1. The van der Waals surface area contributed by atoms with Crippen LogP contribution in [0.4, 0.5) is 10.1 Å². The van der Waals surface area contributed by atoms with E-state index in [2.05, 4.69) is 36.9 Å². The van der Waals surface area contributed by atoms with E-state index in [1.54, 1.807) is 24.4 Å². The maximum Gasteiger partial charge on any atom is 0.255 e. The topological polar surface area (TPSA) is 165 Å². The Labute approximate surface area is 287 Å². The van der Waals surface area contributed by atoms with Crippen molar-refractivity contribution in [3.8, 4) is 11.9 Å². The highest BCUT2D eigenvalue weighted by molar-refractivity contribution is 6.05. The van der Waals surface area contributed by atoms with Crippen molar-refractivity contribution in [2.24, 2.45) is 0 Å². The largest absolute Gasteiger partial charge is 0.382 e. The molecular formula is C36H36FN9O4. The van der Waals surface area contributed by atoms with Crippen molar-refractivity contribution in [3.05, 3.63) is 82.6 Å². The Bertz CT molecular complexity index is 2080. The number of rotatable bonds is 8. The van der Waals surface area contributed by atoms with Gasteiger partial charge in [-0.1, -0.05) is 6.07 Å². The summed E-state index contributed by atoms with van der Waals surface area (Å²) in [6.45, 7) is 5.59. The maximum absolute atomic E-state index is 15.7. The molecule has 1 aromatic carbocycles. The van der Waals surface area contributed by atoms with Crippen LogP contribution >= 0.6 is 0 Å². The lowest BCUT2D eigenvalue weighted by Crippen LogP contribution is -2.52. The normalized spacial score (nSPS) is 18.3. The number of amides is 4. The SMILES string of the molecule is CC(C)Nc1cc(-n2ccc3cc(C#N)cnc32)ncc1C(=O)NC1CCN(Cc2ccc3c(c2F)CN(C2CCC(=O)NC2=O)C3=O)CC1. The Morgan fingerprint density at radius 1 is 1.10 bits per heavy atom. The number of imide groups is 1. The second-order valence-electron chi connectivity index (χ2n) is 13.3. The molecule has 4 aromatic rings. The number of aromatic nitrogens is 3. The van der Waals surface area contributed by atoms with Gasteiger partial charge >= 0.3 is 0 Å². The minimum Gasteiger partial charge on any atom is -0.382 e. The lowest BCUT2D eigenvalue weighted by Gasteiger charge is -2.32. The molecule has 0 aliphatic carbocycles. The number of anilines is 1. The number of nitrogens with one attached hydrogen (secondary N) is 3. The quantitative estimate of drug-likeness (QED) is 0.237. The van der Waals surface area contributed by atoms with Crippen molar-refractivity contribution in [1.29, 1.82) is 5.26 Å². The highest BCUT2D eigenvalue weighted by Gasteiger charge is 2.40. The molecule has 4 amide bonds. The molecule has 3 N–H and O–H groups in total. The Morgan fingerprint density at radius 3 is 2.64 bits per heavy atom. The highest BCUT2D eigenvalue weighted by atomic mass is 19.1. The fourth-order valence-corrected chi connectivity index (χ4v) is 6.97. The van der Waals surface area contributed by atoms with Crippen molar-refractivity contribution in [1.82, 2.24) is 35.0 Å². The molecule has 50 heavy (non-hydrogen) atoms. The Kier molecular flexibility index (Phi) is 8.75. The summed E-state index contributed by atoms with van der Waals surface area (Å²) in [5, 5.41) is 18.8. The molecule has 3 aromatic heterocycles. The monoisotopic (exact) mass is 677 g/mol. The zero-order valence-electron chi connectivity index (χ0n) is 27.7. The standard InChI is InChI=1S/C36H36FN9O4/c1-20(2)41-28-14-30(45-12-7-22-13-21(15-38)16-40-33(22)45)39-17-26(28)34(48)42-24-8-10-44(11-9-24)18-23-3-4-25-27(32(23)37)19-46(36(25)50)29-5-6-31(47)43-35(29)49/h3-4,7,12-14,16-17,20,24,29H,5-6,8-11,18-19H2,1-2H3,(H,39,41)(H,42,48)(H,43,47,49). The smallest absolute Gasteiger partial charge is 0.255 e. The number of carbonyl (C=O) groups is 4. The Morgan fingerprint density at radius 2 is 1.90 bits per heavy atom. The van der Waals surface area contributed by atoms with Gasteiger partial charge in [0.2, 0.25) is 11.8 Å². The van der Waals surface area contributed by atoms with Crippen LogP contribution in [0.25, 0.3) is 16.9 Å². The molecule has 0 radical (unpaired) electrons. The van der Waals surface area contributed by atoms with Crippen LogP contribution in [-0.4, -0.2) is 79.2 Å². The first-order valence-corrected chi connectivity index (χ1v) is 16.7. The molecule has 1 unspecified atom stereocenters. The van der Waals surface area contributed by atoms with E-state index in [4.69, 9.17) is 0 Å². The van der Waals surface area contributed by atoms with Gasteiger partial charge in [0.1, 0.15) is 29.4 Å². The van der Waals surface area contributed by atoms with Crippen LogP contribution in [0.2, 0.25) is 0 Å². The third kappa shape index (κ3) is 6.27. The summed E-state index contributed by atoms with van der Waals surface area (Å²) in [6.07, 6.45) is 6.60. The van der Waals surface area contributed by atoms with E-state index < -0.39 is 23.7 Å². The average molecular weight is 678 g/mol. The molecule has 6 heterocycles. The number of pyridine rings is 2. The summed E-state index contributed by atoms with van der Waals surface area (Å²) < 4.78 is 17.6. The van der Waals surface area contributed by atoms with Crippen molar-refractivity contribution in [3.63, 3.8) is 0 Å². The zero-order chi connectivity index (χ0) is 35.1. The highest BCUT2D eigenvalue weighted by Crippen LogP contribution is 2.32. The van der Waals surface area contributed by atoms with Gasteiger partial charge in [0.25, 0.3) is 11.8 Å². The number of piperidine rings is 2. The van der Waals surface area contributed by atoms with Crippen LogP contribution < -0.4 is 16.0 Å². The van der Waals surface area contributed by atoms with Crippen molar-refractivity contribution >= 4 is 40.3 Å². The molecule has 2 fully saturated rings. The van der Waals surface area contributed by atoms with Gasteiger partial charge in [-0.05, 0) is 51.3 Å². The molecule has 3 aliphatic rings. The van der Waals surface area contributed by atoms with E-state index >= 15 is 4.39 Å². The van der Waals surface area contributed by atoms with Crippen LogP contribution in [0, 0.1) is 17.1 Å². The number of fused-ring (bicyclic) bond motifs is 2. The van der Waals surface area contributed by atoms with Gasteiger partial charge < -0.3 is 15.5 Å². The van der Waals surface area contributed by atoms with E-state index in [0.29, 0.717) is 66.3 Å². The summed E-state index contributed by atoms with van der Waals surface area (Å²) in [4.78, 5) is 63.0. The predicted octanol–water partition coefficient (Wildman–Crippen LogP) is 3.41. The number of halogens is 1. The molecule has 14 heteroatoms. The van der Waals surface area contributed by atoms with E-state index in [0.717, 1.165) is 5.39 Å². The third-order valence-electron chi connectivity index (χ3n) is 9.53. The zero-order valence-corrected chi connectivity index (χ0v) is 27.7. The first kappa shape index (κ1) is 32.8. The molecule has 2 saturated heterocycles. The fraction of sp³-hybridized carbons (Fsp3) is 0.361. The maximum atomic E-state index is 15.7. The lowest BCUT2D eigenvalue weighted by atomic mass is 10.0. The summed E-state index contributed by atoms with van der Waals surface area (Å²) in [5.41, 5.74) is 3.17. The molecule has 13 nitrogen and oxygen atoms in total. The average Bonchev–Trinajstić information content (AvgIpc) is 3.67. The predicted molar refractivity (Wildman–Crippen MR) is 181 cm³/mol. The fourth-order valence-electron chi connectivity index (χ4n) is 6.97. The van der Waals surface area contributed by atoms with Crippen LogP contribution in [0.15, 0.2) is 48.9 Å². The molecule has 0 saturated carbocycles. The van der Waals surface area contributed by atoms with E-state index in [1.165, 1.54) is 11.1 Å². The van der Waals surface area contributed by atoms with Gasteiger partial charge in [0, 0.05) is 84.9 Å². The summed E-state index contributed by atoms with van der Waals surface area (Å²) in [5.74, 6) is -1.41. The van der Waals surface area contributed by atoms with Crippen LogP contribution in [0.3, 0.4) is 0 Å². The molecule has 256 valence electrons. The molecule has 3 aliphatic heterocycles. The Hall–Kier alpha value is -5.68. The van der Waals surface area contributed by atoms with Gasteiger partial charge in [0.15, 0.2) is 0 Å². The first-order valence-electron chi connectivity index (χ1n) is 16.7. The summed E-state index contributed by atoms with van der Waals surface area (Å²) in [6, 6.07) is 9.97. The first-order chi connectivity index (χ1) is 24.1. The number of hydrogen-bond donors (Lipinski definition) is 3. The van der Waals surface area contributed by atoms with Crippen LogP contribution in [-0.2, 0) is 22.7 Å². The molecular weight excluding hydrogens is 641 g/mol. The van der Waals surface area contributed by atoms with E-state index in [9.17, 15) is 24.4 Å². The minimum absolute atomic E-state index is 0.0141. The number of carbonyl (C=O) groups excluding carboxylic acids is 4. The van der Waals surface area contributed by atoms with Gasteiger partial charge in [-0.25, -0.2) is 14.4 Å². The van der Waals surface area contributed by atoms with Crippen molar-refractivity contribution < 1.29 is 23.6 Å². The third-order valence-corrected chi connectivity index (χ3v) is 9.53.